The lowest BCUT2D eigenvalue weighted by molar-refractivity contribution is 0.0696. The van der Waals surface area contributed by atoms with Crippen LogP contribution in [0.4, 0.5) is 0 Å². The number of imidazole rings is 1. The van der Waals surface area contributed by atoms with Crippen molar-refractivity contribution in [1.82, 2.24) is 19.9 Å². The van der Waals surface area contributed by atoms with Gasteiger partial charge in [0.15, 0.2) is 0 Å². The molecule has 9 heteroatoms. The van der Waals surface area contributed by atoms with Crippen LogP contribution in [0.3, 0.4) is 0 Å². The number of hydrogen-bond donors (Lipinski definition) is 2. The first-order valence-corrected chi connectivity index (χ1v) is 12.5. The van der Waals surface area contributed by atoms with Crippen molar-refractivity contribution in [2.45, 2.75) is 13.0 Å². The number of hydrogen-bond acceptors (Lipinski definition) is 6. The number of carbonyl (C=O) groups is 3. The van der Waals surface area contributed by atoms with E-state index in [1.807, 2.05) is 36.4 Å². The van der Waals surface area contributed by atoms with Crippen LogP contribution in [-0.2, 0) is 0 Å². The van der Waals surface area contributed by atoms with Gasteiger partial charge in [-0.2, -0.15) is 0 Å². The highest BCUT2D eigenvalue weighted by Crippen LogP contribution is 2.25. The molecule has 3 aromatic carbocycles. The van der Waals surface area contributed by atoms with Crippen molar-refractivity contribution in [1.29, 1.82) is 0 Å². The Labute approximate surface area is 227 Å². The Morgan fingerprint density at radius 2 is 1.62 bits per heavy atom. The van der Waals surface area contributed by atoms with Crippen LogP contribution >= 0.6 is 0 Å². The second-order valence-electron chi connectivity index (χ2n) is 9.36. The van der Waals surface area contributed by atoms with E-state index in [1.165, 1.54) is 29.0 Å². The normalized spacial score (nSPS) is 11.9. The lowest BCUT2D eigenvalue weighted by Crippen LogP contribution is -2.29. The third kappa shape index (κ3) is 4.49. The Bertz CT molecular complexity index is 1910. The lowest BCUT2D eigenvalue weighted by atomic mass is 10.0. The average molecular weight is 531 g/mol. The quantitative estimate of drug-likeness (QED) is 0.259. The summed E-state index contributed by atoms with van der Waals surface area (Å²) in [6.07, 6.45) is 2.90. The van der Waals surface area contributed by atoms with Crippen molar-refractivity contribution >= 4 is 34.1 Å². The lowest BCUT2D eigenvalue weighted by Gasteiger charge is -2.16. The summed E-state index contributed by atoms with van der Waals surface area (Å²) in [7, 11) is 0. The van der Waals surface area contributed by atoms with E-state index in [0.717, 1.165) is 16.3 Å². The molecule has 0 aliphatic heterocycles. The van der Waals surface area contributed by atoms with E-state index < -0.39 is 17.9 Å². The molecule has 0 unspecified atom stereocenters. The maximum atomic E-state index is 13.7. The number of benzene rings is 3. The molecule has 1 atom stereocenters. The van der Waals surface area contributed by atoms with Crippen LogP contribution in [0.25, 0.3) is 27.7 Å². The third-order valence-electron chi connectivity index (χ3n) is 6.82. The minimum Gasteiger partial charge on any atom is -0.478 e. The number of nitrogens with zero attached hydrogens (tertiary/aromatic N) is 3. The number of aromatic nitrogens is 3. The highest BCUT2D eigenvalue weighted by atomic mass is 16.5. The third-order valence-corrected chi connectivity index (χ3v) is 6.82. The maximum Gasteiger partial charge on any atom is 0.335 e. The molecule has 0 bridgehead atoms. The first-order chi connectivity index (χ1) is 19.4. The van der Waals surface area contributed by atoms with Crippen LogP contribution in [0.1, 0.15) is 55.4 Å². The molecule has 0 fully saturated rings. The van der Waals surface area contributed by atoms with E-state index >= 15 is 0 Å². The van der Waals surface area contributed by atoms with Gasteiger partial charge >= 0.3 is 5.97 Å². The van der Waals surface area contributed by atoms with Crippen LogP contribution in [0, 0.1) is 0 Å². The summed E-state index contributed by atoms with van der Waals surface area (Å²) in [5.41, 5.74) is 3.28. The van der Waals surface area contributed by atoms with Crippen LogP contribution < -0.4 is 5.32 Å². The first kappa shape index (κ1) is 24.7. The minimum absolute atomic E-state index is 0.152. The molecule has 3 heterocycles. The van der Waals surface area contributed by atoms with E-state index in [4.69, 9.17) is 4.52 Å². The smallest absolute Gasteiger partial charge is 0.335 e. The van der Waals surface area contributed by atoms with Crippen molar-refractivity contribution < 1.29 is 24.0 Å². The van der Waals surface area contributed by atoms with Crippen molar-refractivity contribution in [3.63, 3.8) is 0 Å². The number of carboxylic acid groups (broad SMARTS) is 1. The largest absolute Gasteiger partial charge is 0.478 e. The van der Waals surface area contributed by atoms with Gasteiger partial charge in [0.1, 0.15) is 29.0 Å². The summed E-state index contributed by atoms with van der Waals surface area (Å²) in [5.74, 6) is -1.76. The molecule has 0 saturated heterocycles. The Balaban J connectivity index is 1.41. The van der Waals surface area contributed by atoms with E-state index in [2.05, 4.69) is 15.5 Å². The van der Waals surface area contributed by atoms with Gasteiger partial charge in [0, 0.05) is 17.2 Å². The van der Waals surface area contributed by atoms with Gasteiger partial charge in [0.2, 0.25) is 5.78 Å². The molecule has 1 amide bonds. The van der Waals surface area contributed by atoms with Crippen molar-refractivity contribution in [2.24, 2.45) is 0 Å². The standard InChI is InChI=1S/C31H22N4O5/c1-18(19-6-9-21(10-7-19)31(38)39)33-30(37)26-15-24(25-12-13-40-34-25)16-28-32-17-27(35(26)28)29(36)23-11-8-20-4-2-3-5-22(20)14-23/h2-18H,1H3,(H,33,37)(H,38,39)/t18-/m0/s1. The number of carbonyl (C=O) groups excluding carboxylic acids is 2. The highest BCUT2D eigenvalue weighted by molar-refractivity contribution is 6.10. The van der Waals surface area contributed by atoms with Gasteiger partial charge in [0.05, 0.1) is 17.8 Å². The Kier molecular flexibility index (Phi) is 6.16. The molecule has 196 valence electrons. The summed E-state index contributed by atoms with van der Waals surface area (Å²) >= 11 is 0. The zero-order chi connectivity index (χ0) is 27.8. The summed E-state index contributed by atoms with van der Waals surface area (Å²) in [6.45, 7) is 1.79. The fraction of sp³-hybridized carbons (Fsp3) is 0.0645. The number of rotatable bonds is 7. The Morgan fingerprint density at radius 3 is 2.35 bits per heavy atom. The summed E-state index contributed by atoms with van der Waals surface area (Å²) < 4.78 is 6.53. The fourth-order valence-corrected chi connectivity index (χ4v) is 4.70. The molecule has 6 aromatic rings. The molecular formula is C31H22N4O5. The number of nitrogens with one attached hydrogen (secondary N) is 1. The second-order valence-corrected chi connectivity index (χ2v) is 9.36. The molecular weight excluding hydrogens is 508 g/mol. The monoisotopic (exact) mass is 530 g/mol. The molecule has 6 rings (SSSR count). The number of carboxylic acids is 1. The predicted octanol–water partition coefficient (Wildman–Crippen LogP) is 5.56. The van der Waals surface area contributed by atoms with Crippen molar-refractivity contribution in [3.8, 4) is 11.3 Å². The Hall–Kier alpha value is -5.57. The average Bonchev–Trinajstić information content (AvgIpc) is 3.67. The number of aromatic carboxylic acids is 1. The first-order valence-electron chi connectivity index (χ1n) is 12.5. The zero-order valence-corrected chi connectivity index (χ0v) is 21.2. The van der Waals surface area contributed by atoms with Crippen LogP contribution in [0.5, 0.6) is 0 Å². The van der Waals surface area contributed by atoms with Gasteiger partial charge < -0.3 is 14.9 Å². The number of fused-ring (bicyclic) bond motifs is 2. The predicted molar refractivity (Wildman–Crippen MR) is 147 cm³/mol. The number of ketones is 1. The molecule has 3 aromatic heterocycles. The van der Waals surface area contributed by atoms with Gasteiger partial charge in [-0.1, -0.05) is 53.7 Å². The van der Waals surface area contributed by atoms with E-state index in [9.17, 15) is 19.5 Å². The van der Waals surface area contributed by atoms with Crippen LogP contribution in [0.2, 0.25) is 0 Å². The summed E-state index contributed by atoms with van der Waals surface area (Å²) in [4.78, 5) is 43.1. The molecule has 0 radical (unpaired) electrons. The molecule has 0 spiro atoms. The van der Waals surface area contributed by atoms with Crippen LogP contribution in [0.15, 0.2) is 102 Å². The van der Waals surface area contributed by atoms with Gasteiger partial charge in [0.25, 0.3) is 5.91 Å². The molecule has 40 heavy (non-hydrogen) atoms. The van der Waals surface area contributed by atoms with Gasteiger partial charge in [-0.05, 0) is 53.6 Å². The topological polar surface area (TPSA) is 127 Å². The Morgan fingerprint density at radius 1 is 0.875 bits per heavy atom. The van der Waals surface area contributed by atoms with E-state index in [1.54, 1.807) is 43.3 Å². The van der Waals surface area contributed by atoms with Crippen molar-refractivity contribution in [3.05, 3.63) is 125 Å². The van der Waals surface area contributed by atoms with E-state index in [-0.39, 0.29) is 22.7 Å². The second kappa shape index (κ2) is 9.95. The number of pyridine rings is 1. The molecule has 0 aliphatic rings. The molecule has 0 saturated carbocycles. The van der Waals surface area contributed by atoms with Gasteiger partial charge in [-0.25, -0.2) is 9.78 Å². The van der Waals surface area contributed by atoms with Crippen LogP contribution in [-0.4, -0.2) is 37.3 Å². The SMILES string of the molecule is C[C@H](NC(=O)c1cc(-c2ccon2)cc2ncc(C(=O)c3ccc4ccccc4c3)n12)c1ccc(C(=O)O)cc1. The number of amides is 1. The zero-order valence-electron chi connectivity index (χ0n) is 21.2. The molecule has 2 N–H and O–H groups in total. The summed E-state index contributed by atoms with van der Waals surface area (Å²) in [5, 5.41) is 18.1. The van der Waals surface area contributed by atoms with Gasteiger partial charge in [-0.3, -0.25) is 14.0 Å². The molecule has 0 aliphatic carbocycles. The highest BCUT2D eigenvalue weighted by Gasteiger charge is 2.23. The van der Waals surface area contributed by atoms with Crippen molar-refractivity contribution in [2.75, 3.05) is 0 Å². The fourth-order valence-electron chi connectivity index (χ4n) is 4.70. The minimum atomic E-state index is -1.03. The molecule has 9 nitrogen and oxygen atoms in total. The maximum absolute atomic E-state index is 13.7. The van der Waals surface area contributed by atoms with E-state index in [0.29, 0.717) is 22.5 Å². The summed E-state index contributed by atoms with van der Waals surface area (Å²) in [6, 6.07) is 24.1. The van der Waals surface area contributed by atoms with Gasteiger partial charge in [-0.15, -0.1) is 0 Å².